The van der Waals surface area contributed by atoms with E-state index >= 15 is 0 Å². The van der Waals surface area contributed by atoms with Crippen LogP contribution in [0.15, 0.2) is 10.1 Å². The predicted octanol–water partition coefficient (Wildman–Crippen LogP) is 0.174. The van der Waals surface area contributed by atoms with E-state index in [-0.39, 0.29) is 16.6 Å². The number of hydrogen-bond acceptors (Lipinski definition) is 5. The smallest absolute Gasteiger partial charge is 0.246 e. The predicted molar refractivity (Wildman–Crippen MR) is 73.0 cm³/mol. The number of nitrogens with two attached hydrogens (primary N) is 1. The molecule has 0 bridgehead atoms. The molecule has 4 N–H and O–H groups in total. The van der Waals surface area contributed by atoms with Crippen molar-refractivity contribution in [1.29, 1.82) is 0 Å². The van der Waals surface area contributed by atoms with Crippen LogP contribution in [0, 0.1) is 19.8 Å². The number of amidine groups is 1. The summed E-state index contributed by atoms with van der Waals surface area (Å²) in [5.74, 6) is 0.0933. The zero-order valence-corrected chi connectivity index (χ0v) is 12.3. The number of nitrogens with one attached hydrogen (secondary N) is 1. The zero-order chi connectivity index (χ0) is 14.9. The monoisotopic (exact) mass is 301 g/mol. The highest BCUT2D eigenvalue weighted by molar-refractivity contribution is 7.89. The number of piperidine rings is 1. The summed E-state index contributed by atoms with van der Waals surface area (Å²) in [7, 11) is -3.54. The van der Waals surface area contributed by atoms with E-state index in [1.807, 2.05) is 0 Å². The molecular weight excluding hydrogens is 282 g/mol. The van der Waals surface area contributed by atoms with Gasteiger partial charge in [-0.15, -0.1) is 0 Å². The normalized spacial score (nSPS) is 19.4. The van der Waals surface area contributed by atoms with Crippen LogP contribution in [0.1, 0.15) is 24.2 Å². The van der Waals surface area contributed by atoms with Crippen LogP contribution in [0.3, 0.4) is 0 Å². The zero-order valence-electron chi connectivity index (χ0n) is 11.5. The number of rotatable bonds is 3. The highest BCUT2D eigenvalue weighted by atomic mass is 32.2. The van der Waals surface area contributed by atoms with Gasteiger partial charge in [-0.05, 0) is 26.7 Å². The van der Waals surface area contributed by atoms with Crippen molar-refractivity contribution >= 4 is 15.9 Å². The van der Waals surface area contributed by atoms with E-state index in [9.17, 15) is 8.42 Å². The number of aromatic amines is 1. The molecule has 0 radical (unpaired) electrons. The summed E-state index contributed by atoms with van der Waals surface area (Å²) >= 11 is 0. The van der Waals surface area contributed by atoms with Gasteiger partial charge in [0.2, 0.25) is 10.0 Å². The lowest BCUT2D eigenvalue weighted by molar-refractivity contribution is 0.291. The molecule has 8 nitrogen and oxygen atoms in total. The number of nitrogens with zero attached hydrogens (tertiary/aromatic N) is 3. The van der Waals surface area contributed by atoms with Gasteiger partial charge in [-0.25, -0.2) is 8.42 Å². The van der Waals surface area contributed by atoms with Crippen LogP contribution in [0.25, 0.3) is 0 Å². The summed E-state index contributed by atoms with van der Waals surface area (Å²) in [5.41, 5.74) is 6.58. The Bertz CT molecular complexity index is 595. The van der Waals surface area contributed by atoms with E-state index in [2.05, 4.69) is 15.4 Å². The molecule has 0 unspecified atom stereocenters. The Morgan fingerprint density at radius 2 is 2.05 bits per heavy atom. The second-order valence-electron chi connectivity index (χ2n) is 4.97. The van der Waals surface area contributed by atoms with Crippen LogP contribution in [0.2, 0.25) is 0 Å². The molecule has 1 saturated heterocycles. The lowest BCUT2D eigenvalue weighted by Gasteiger charge is -2.30. The third kappa shape index (κ3) is 2.50. The van der Waals surface area contributed by atoms with Gasteiger partial charge in [0.15, 0.2) is 0 Å². The van der Waals surface area contributed by atoms with Crippen LogP contribution in [-0.4, -0.2) is 47.1 Å². The first-order valence-electron chi connectivity index (χ1n) is 6.37. The summed E-state index contributed by atoms with van der Waals surface area (Å²) in [6, 6.07) is 0. The summed E-state index contributed by atoms with van der Waals surface area (Å²) < 4.78 is 26.6. The van der Waals surface area contributed by atoms with E-state index in [0.717, 1.165) is 0 Å². The number of sulfonamides is 1. The van der Waals surface area contributed by atoms with Crippen LogP contribution < -0.4 is 5.73 Å². The fraction of sp³-hybridized carbons (Fsp3) is 0.636. The number of H-pyrrole nitrogens is 1. The molecule has 0 amide bonds. The maximum absolute atomic E-state index is 12.6. The molecular formula is C11H19N5O3S. The van der Waals surface area contributed by atoms with Gasteiger partial charge in [0.05, 0.1) is 11.4 Å². The molecule has 1 fully saturated rings. The van der Waals surface area contributed by atoms with Crippen molar-refractivity contribution in [2.45, 2.75) is 31.6 Å². The maximum atomic E-state index is 12.6. The van der Waals surface area contributed by atoms with E-state index < -0.39 is 10.0 Å². The fourth-order valence-electron chi connectivity index (χ4n) is 2.52. The molecule has 0 aromatic carbocycles. The Hall–Kier alpha value is -1.61. The van der Waals surface area contributed by atoms with E-state index in [0.29, 0.717) is 37.3 Å². The molecule has 0 atom stereocenters. The Morgan fingerprint density at radius 3 is 2.50 bits per heavy atom. The van der Waals surface area contributed by atoms with Crippen LogP contribution in [-0.2, 0) is 10.0 Å². The summed E-state index contributed by atoms with van der Waals surface area (Å²) in [6.07, 6.45) is 1.09. The maximum Gasteiger partial charge on any atom is 0.246 e. The highest BCUT2D eigenvalue weighted by Crippen LogP contribution is 2.26. The Balaban J connectivity index is 2.18. The van der Waals surface area contributed by atoms with Crippen LogP contribution in [0.4, 0.5) is 0 Å². The van der Waals surface area contributed by atoms with Gasteiger partial charge >= 0.3 is 0 Å². The first kappa shape index (κ1) is 14.8. The first-order chi connectivity index (χ1) is 9.37. The lowest BCUT2D eigenvalue weighted by Crippen LogP contribution is -2.42. The molecule has 20 heavy (non-hydrogen) atoms. The van der Waals surface area contributed by atoms with Gasteiger partial charge in [0.1, 0.15) is 10.7 Å². The van der Waals surface area contributed by atoms with Crippen LogP contribution in [0.5, 0.6) is 0 Å². The standard InChI is InChI=1S/C11H19N5O3S/c1-7-10(8(2)14-13-7)20(18,19)16-5-3-9(4-6-16)11(12)15-17/h9,17H,3-6H2,1-2H3,(H2,12,15)(H,13,14). The van der Waals surface area contributed by atoms with E-state index in [1.54, 1.807) is 13.8 Å². The molecule has 2 heterocycles. The van der Waals surface area contributed by atoms with Crippen molar-refractivity contribution < 1.29 is 13.6 Å². The van der Waals surface area contributed by atoms with Gasteiger partial charge in [-0.2, -0.15) is 9.40 Å². The van der Waals surface area contributed by atoms with Gasteiger partial charge in [-0.3, -0.25) is 5.10 Å². The van der Waals surface area contributed by atoms with Gasteiger partial charge < -0.3 is 10.9 Å². The molecule has 9 heteroatoms. The fourth-order valence-corrected chi connectivity index (χ4v) is 4.32. The second kappa shape index (κ2) is 5.41. The SMILES string of the molecule is Cc1n[nH]c(C)c1S(=O)(=O)N1CCC(C(N)=NO)CC1. The summed E-state index contributed by atoms with van der Waals surface area (Å²) in [5, 5.41) is 18.3. The minimum absolute atomic E-state index is 0.0713. The third-order valence-electron chi connectivity index (χ3n) is 3.65. The van der Waals surface area contributed by atoms with E-state index in [4.69, 9.17) is 10.9 Å². The van der Waals surface area contributed by atoms with Gasteiger partial charge in [0, 0.05) is 19.0 Å². The largest absolute Gasteiger partial charge is 0.409 e. The Kier molecular flexibility index (Phi) is 4.00. The quantitative estimate of drug-likeness (QED) is 0.318. The molecule has 0 saturated carbocycles. The van der Waals surface area contributed by atoms with Crippen molar-refractivity contribution in [3.05, 3.63) is 11.4 Å². The molecule has 1 aromatic heterocycles. The molecule has 1 aliphatic heterocycles. The molecule has 1 aromatic rings. The average Bonchev–Trinajstić information content (AvgIpc) is 2.78. The van der Waals surface area contributed by atoms with Crippen molar-refractivity contribution in [2.75, 3.05) is 13.1 Å². The number of hydrogen-bond donors (Lipinski definition) is 3. The van der Waals surface area contributed by atoms with Crippen molar-refractivity contribution in [3.63, 3.8) is 0 Å². The van der Waals surface area contributed by atoms with Crippen LogP contribution >= 0.6 is 0 Å². The van der Waals surface area contributed by atoms with Gasteiger partial charge in [0.25, 0.3) is 0 Å². The third-order valence-corrected chi connectivity index (χ3v) is 5.81. The minimum Gasteiger partial charge on any atom is -0.409 e. The second-order valence-corrected chi connectivity index (χ2v) is 6.84. The molecule has 0 spiro atoms. The average molecular weight is 301 g/mol. The molecule has 0 aliphatic carbocycles. The van der Waals surface area contributed by atoms with Gasteiger partial charge in [-0.1, -0.05) is 5.16 Å². The topological polar surface area (TPSA) is 125 Å². The molecule has 112 valence electrons. The van der Waals surface area contributed by atoms with Crippen molar-refractivity contribution in [1.82, 2.24) is 14.5 Å². The molecule has 2 rings (SSSR count). The minimum atomic E-state index is -3.54. The summed E-state index contributed by atoms with van der Waals surface area (Å²) in [4.78, 5) is 0.250. The Labute approximate surface area is 117 Å². The highest BCUT2D eigenvalue weighted by Gasteiger charge is 2.33. The van der Waals surface area contributed by atoms with Crippen molar-refractivity contribution in [3.8, 4) is 0 Å². The van der Waals surface area contributed by atoms with E-state index in [1.165, 1.54) is 4.31 Å². The number of aryl methyl sites for hydroxylation is 2. The Morgan fingerprint density at radius 1 is 1.45 bits per heavy atom. The number of oxime groups is 1. The summed E-state index contributed by atoms with van der Waals surface area (Å²) in [6.45, 7) is 4.07. The van der Waals surface area contributed by atoms with Crippen molar-refractivity contribution in [2.24, 2.45) is 16.8 Å². The first-order valence-corrected chi connectivity index (χ1v) is 7.81. The molecule has 1 aliphatic rings. The lowest BCUT2D eigenvalue weighted by atomic mass is 9.97. The number of aromatic nitrogens is 2.